The second-order valence-electron chi connectivity index (χ2n) is 4.65. The highest BCUT2D eigenvalue weighted by molar-refractivity contribution is 9.10. The molecule has 0 heterocycles. The monoisotopic (exact) mass is 397 g/mol. The van der Waals surface area contributed by atoms with Gasteiger partial charge in [-0.05, 0) is 54.4 Å². The summed E-state index contributed by atoms with van der Waals surface area (Å²) in [5, 5.41) is 0. The van der Waals surface area contributed by atoms with Crippen LogP contribution in [0.15, 0.2) is 51.4 Å². The first-order chi connectivity index (χ1) is 9.63. The van der Waals surface area contributed by atoms with Crippen LogP contribution in [0.2, 0.25) is 0 Å². The van der Waals surface area contributed by atoms with Crippen LogP contribution in [0.1, 0.15) is 17.0 Å². The first kappa shape index (κ1) is 15.5. The molecule has 0 aromatic heterocycles. The van der Waals surface area contributed by atoms with Crippen molar-refractivity contribution >= 4 is 31.9 Å². The zero-order valence-corrected chi connectivity index (χ0v) is 14.4. The summed E-state index contributed by atoms with van der Waals surface area (Å²) in [6, 6.07) is 14.3. The van der Waals surface area contributed by atoms with E-state index in [1.165, 1.54) is 11.1 Å². The van der Waals surface area contributed by atoms with Crippen LogP contribution in [0.3, 0.4) is 0 Å². The number of hydrogen-bond donors (Lipinski definition) is 1. The van der Waals surface area contributed by atoms with Gasteiger partial charge in [-0.2, -0.15) is 0 Å². The van der Waals surface area contributed by atoms with Crippen LogP contribution in [0.4, 0.5) is 0 Å². The first-order valence-corrected chi connectivity index (χ1v) is 8.00. The van der Waals surface area contributed by atoms with E-state index in [9.17, 15) is 0 Å². The zero-order chi connectivity index (χ0) is 14.5. The highest BCUT2D eigenvalue weighted by Gasteiger charge is 2.13. The fourth-order valence-corrected chi connectivity index (χ4v) is 3.02. The zero-order valence-electron chi connectivity index (χ0n) is 11.3. The van der Waals surface area contributed by atoms with Gasteiger partial charge in [-0.3, -0.25) is 0 Å². The Kier molecular flexibility index (Phi) is 5.64. The molecule has 2 nitrogen and oxygen atoms in total. The van der Waals surface area contributed by atoms with Crippen molar-refractivity contribution in [3.63, 3.8) is 0 Å². The molecule has 2 aromatic rings. The summed E-state index contributed by atoms with van der Waals surface area (Å²) < 4.78 is 7.46. The fourth-order valence-electron chi connectivity index (χ4n) is 2.20. The quantitative estimate of drug-likeness (QED) is 0.804. The van der Waals surface area contributed by atoms with Crippen LogP contribution in [-0.4, -0.2) is 13.7 Å². The van der Waals surface area contributed by atoms with E-state index in [0.717, 1.165) is 21.1 Å². The summed E-state index contributed by atoms with van der Waals surface area (Å²) in [5.74, 6) is 1.16. The van der Waals surface area contributed by atoms with Gasteiger partial charge in [0.05, 0.1) is 7.11 Å². The molecule has 0 spiro atoms. The largest absolute Gasteiger partial charge is 0.497 e. The van der Waals surface area contributed by atoms with Gasteiger partial charge in [-0.25, -0.2) is 0 Å². The van der Waals surface area contributed by atoms with Gasteiger partial charge in [-0.15, -0.1) is 0 Å². The number of halogens is 2. The molecule has 0 amide bonds. The lowest BCUT2D eigenvalue weighted by atomic mass is 9.92. The van der Waals surface area contributed by atoms with Gasteiger partial charge in [0, 0.05) is 14.9 Å². The number of methoxy groups -OCH3 is 1. The predicted molar refractivity (Wildman–Crippen MR) is 90.3 cm³/mol. The van der Waals surface area contributed by atoms with Crippen LogP contribution in [0.5, 0.6) is 5.75 Å². The van der Waals surface area contributed by atoms with E-state index in [4.69, 9.17) is 10.5 Å². The maximum absolute atomic E-state index is 5.96. The number of hydrogen-bond acceptors (Lipinski definition) is 2. The maximum Gasteiger partial charge on any atom is 0.119 e. The summed E-state index contributed by atoms with van der Waals surface area (Å²) >= 11 is 7.11. The molecule has 1 atom stereocenters. The molecule has 4 heteroatoms. The predicted octanol–water partition coefficient (Wildman–Crippen LogP) is 4.51. The number of rotatable bonds is 5. The highest BCUT2D eigenvalue weighted by Crippen LogP contribution is 2.29. The summed E-state index contributed by atoms with van der Waals surface area (Å²) in [5.41, 5.74) is 8.42. The van der Waals surface area contributed by atoms with Crippen molar-refractivity contribution in [1.29, 1.82) is 0 Å². The molecule has 0 bridgehead atoms. The maximum atomic E-state index is 5.96. The van der Waals surface area contributed by atoms with Crippen molar-refractivity contribution in [3.8, 4) is 5.75 Å². The molecule has 0 aliphatic rings. The minimum atomic E-state index is 0.288. The summed E-state index contributed by atoms with van der Waals surface area (Å²) in [6.45, 7) is 0.611. The van der Waals surface area contributed by atoms with Gasteiger partial charge in [0.1, 0.15) is 5.75 Å². The molecular weight excluding hydrogens is 382 g/mol. The van der Waals surface area contributed by atoms with Crippen molar-refractivity contribution < 1.29 is 4.74 Å². The van der Waals surface area contributed by atoms with E-state index in [0.29, 0.717) is 6.54 Å². The second kappa shape index (κ2) is 7.25. The number of nitrogens with two attached hydrogens (primary N) is 1. The lowest BCUT2D eigenvalue weighted by Gasteiger charge is -2.17. The van der Waals surface area contributed by atoms with Gasteiger partial charge in [-0.1, -0.05) is 44.0 Å². The van der Waals surface area contributed by atoms with Crippen molar-refractivity contribution in [1.82, 2.24) is 0 Å². The standard InChI is InChI=1S/C16H17Br2NO/c1-20-15-5-6-16(18)12(9-15)7-13(10-19)11-3-2-4-14(17)8-11/h2-6,8-9,13H,7,10,19H2,1H3. The van der Waals surface area contributed by atoms with Crippen molar-refractivity contribution in [2.24, 2.45) is 5.73 Å². The molecule has 0 radical (unpaired) electrons. The molecule has 2 N–H and O–H groups in total. The summed E-state index contributed by atoms with van der Waals surface area (Å²) in [7, 11) is 1.68. The average Bonchev–Trinajstić information content (AvgIpc) is 2.46. The molecule has 0 fully saturated rings. The Bertz CT molecular complexity index is 586. The number of benzene rings is 2. The molecule has 0 aliphatic heterocycles. The van der Waals surface area contributed by atoms with E-state index in [1.54, 1.807) is 7.11 Å². The Hall–Kier alpha value is -0.840. The summed E-state index contributed by atoms with van der Waals surface area (Å²) in [6.07, 6.45) is 0.880. The molecule has 106 valence electrons. The van der Waals surface area contributed by atoms with Crippen LogP contribution < -0.4 is 10.5 Å². The van der Waals surface area contributed by atoms with E-state index >= 15 is 0 Å². The van der Waals surface area contributed by atoms with Gasteiger partial charge in [0.2, 0.25) is 0 Å². The van der Waals surface area contributed by atoms with Crippen molar-refractivity contribution in [2.75, 3.05) is 13.7 Å². The van der Waals surface area contributed by atoms with Crippen molar-refractivity contribution in [2.45, 2.75) is 12.3 Å². The fraction of sp³-hybridized carbons (Fsp3) is 0.250. The third-order valence-corrected chi connectivity index (χ3v) is 4.59. The first-order valence-electron chi connectivity index (χ1n) is 6.42. The Morgan fingerprint density at radius 1 is 1.15 bits per heavy atom. The normalized spacial score (nSPS) is 12.2. The SMILES string of the molecule is COc1ccc(Br)c(CC(CN)c2cccc(Br)c2)c1. The van der Waals surface area contributed by atoms with E-state index in [-0.39, 0.29) is 5.92 Å². The van der Waals surface area contributed by atoms with E-state index < -0.39 is 0 Å². The molecule has 1 unspecified atom stereocenters. The molecule has 0 saturated carbocycles. The Morgan fingerprint density at radius 2 is 1.95 bits per heavy atom. The highest BCUT2D eigenvalue weighted by atomic mass is 79.9. The molecule has 2 rings (SSSR count). The molecule has 0 saturated heterocycles. The third kappa shape index (κ3) is 3.84. The Labute approximate surface area is 136 Å². The van der Waals surface area contributed by atoms with Gasteiger partial charge >= 0.3 is 0 Å². The molecule has 2 aromatic carbocycles. The molecule has 0 aliphatic carbocycles. The van der Waals surface area contributed by atoms with Gasteiger partial charge in [0.15, 0.2) is 0 Å². The van der Waals surface area contributed by atoms with Gasteiger partial charge < -0.3 is 10.5 Å². The van der Waals surface area contributed by atoms with E-state index in [1.807, 2.05) is 24.3 Å². The molecule has 20 heavy (non-hydrogen) atoms. The van der Waals surface area contributed by atoms with Gasteiger partial charge in [0.25, 0.3) is 0 Å². The summed E-state index contributed by atoms with van der Waals surface area (Å²) in [4.78, 5) is 0. The van der Waals surface area contributed by atoms with Crippen LogP contribution in [0.25, 0.3) is 0 Å². The van der Waals surface area contributed by atoms with Crippen LogP contribution >= 0.6 is 31.9 Å². The third-order valence-electron chi connectivity index (χ3n) is 3.32. The van der Waals surface area contributed by atoms with Crippen LogP contribution in [-0.2, 0) is 6.42 Å². The Balaban J connectivity index is 2.26. The van der Waals surface area contributed by atoms with Crippen LogP contribution in [0, 0.1) is 0 Å². The second-order valence-corrected chi connectivity index (χ2v) is 6.42. The number of ether oxygens (including phenoxy) is 1. The smallest absolute Gasteiger partial charge is 0.119 e. The topological polar surface area (TPSA) is 35.2 Å². The Morgan fingerprint density at radius 3 is 2.60 bits per heavy atom. The average molecular weight is 399 g/mol. The van der Waals surface area contributed by atoms with Crippen molar-refractivity contribution in [3.05, 3.63) is 62.5 Å². The molecular formula is C16H17Br2NO. The van der Waals surface area contributed by atoms with E-state index in [2.05, 4.69) is 50.1 Å². The lowest BCUT2D eigenvalue weighted by Crippen LogP contribution is -2.15. The minimum Gasteiger partial charge on any atom is -0.497 e. The lowest BCUT2D eigenvalue weighted by molar-refractivity contribution is 0.414. The minimum absolute atomic E-state index is 0.288.